The van der Waals surface area contributed by atoms with Crippen molar-refractivity contribution < 1.29 is 0 Å². The Hall–Kier alpha value is -0.430. The van der Waals surface area contributed by atoms with Crippen LogP contribution >= 0.6 is 0 Å². The van der Waals surface area contributed by atoms with Crippen LogP contribution in [0.3, 0.4) is 0 Å². The van der Waals surface area contributed by atoms with E-state index in [-0.39, 0.29) is 5.41 Å². The Morgan fingerprint density at radius 2 is 1.41 bits per heavy atom. The fraction of sp³-hybridized carbons (Fsp3) is 0.625. The lowest BCUT2D eigenvalue weighted by Crippen LogP contribution is -2.16. The molecular weight excluding hydrogens is 224 g/mol. The van der Waals surface area contributed by atoms with E-state index in [9.17, 15) is 0 Å². The average Bonchev–Trinajstić information content (AvgIpc) is 2.66. The fourth-order valence-electron chi connectivity index (χ4n) is 3.16. The van der Waals surface area contributed by atoms with E-state index in [1.54, 1.807) is 10.5 Å². The van der Waals surface area contributed by atoms with E-state index in [1.165, 1.54) is 35.5 Å². The van der Waals surface area contributed by atoms with Gasteiger partial charge in [0.2, 0.25) is 0 Å². The quantitative estimate of drug-likeness (QED) is 0.648. The van der Waals surface area contributed by atoms with Crippen molar-refractivity contribution in [1.29, 1.82) is 0 Å². The summed E-state index contributed by atoms with van der Waals surface area (Å²) in [5.74, 6) is 2.85. The van der Waals surface area contributed by atoms with Crippen LogP contribution in [0.15, 0.2) is 17.0 Å². The first-order chi connectivity index (χ1) is 7.89. The smallest absolute Gasteiger partial charge is 0.0561 e. The van der Waals surface area contributed by atoms with E-state index in [0.29, 0.717) is 10.9 Å². The molecule has 0 bridgehead atoms. The summed E-state index contributed by atoms with van der Waals surface area (Å²) >= 11 is 0. The van der Waals surface area contributed by atoms with Crippen molar-refractivity contribution in [2.24, 2.45) is 0 Å². The van der Waals surface area contributed by atoms with Crippen LogP contribution in [0.4, 0.5) is 0 Å². The first kappa shape index (κ1) is 13.0. The lowest BCUT2D eigenvalue weighted by atomic mass is 9.81. The standard InChI is InChI=1S/C16H25S/c1-12-10-14(17-8-6-7-9-17)11-13(2)15(12)16(3,4)5/h10-11H,6-9H2,1-5H3/q+1. The highest BCUT2D eigenvalue weighted by Gasteiger charge is 2.29. The maximum Gasteiger partial charge on any atom is 0.155 e. The van der Waals surface area contributed by atoms with Crippen molar-refractivity contribution in [1.82, 2.24) is 0 Å². The van der Waals surface area contributed by atoms with E-state index in [0.717, 1.165) is 0 Å². The monoisotopic (exact) mass is 249 g/mol. The molecule has 1 saturated heterocycles. The molecule has 94 valence electrons. The minimum absolute atomic E-state index is 0.269. The molecule has 0 aromatic heterocycles. The summed E-state index contributed by atoms with van der Waals surface area (Å²) in [7, 11) is 0.554. The van der Waals surface area contributed by atoms with Gasteiger partial charge in [-0.3, -0.25) is 0 Å². The Morgan fingerprint density at radius 1 is 0.941 bits per heavy atom. The van der Waals surface area contributed by atoms with Gasteiger partial charge in [-0.05, 0) is 60.9 Å². The Kier molecular flexibility index (Phi) is 3.58. The molecule has 0 radical (unpaired) electrons. The molecule has 17 heavy (non-hydrogen) atoms. The second-order valence-corrected chi connectivity index (χ2v) is 8.56. The van der Waals surface area contributed by atoms with Crippen LogP contribution in [-0.2, 0) is 16.3 Å². The number of hydrogen-bond donors (Lipinski definition) is 0. The van der Waals surface area contributed by atoms with E-state index in [1.807, 2.05) is 0 Å². The SMILES string of the molecule is Cc1cc([S+]2CCCC2)cc(C)c1C(C)(C)C. The molecule has 0 atom stereocenters. The van der Waals surface area contributed by atoms with Crippen LogP contribution in [0.5, 0.6) is 0 Å². The molecule has 1 heteroatoms. The first-order valence-corrected chi connectivity index (χ1v) is 8.25. The predicted octanol–water partition coefficient (Wildman–Crippen LogP) is 4.37. The Balaban J connectivity index is 2.41. The van der Waals surface area contributed by atoms with Gasteiger partial charge in [0, 0.05) is 10.9 Å². The molecule has 0 N–H and O–H groups in total. The summed E-state index contributed by atoms with van der Waals surface area (Å²) in [4.78, 5) is 1.62. The van der Waals surface area contributed by atoms with Crippen LogP contribution in [0.2, 0.25) is 0 Å². The molecule has 0 aliphatic carbocycles. The van der Waals surface area contributed by atoms with Gasteiger partial charge in [-0.25, -0.2) is 0 Å². The van der Waals surface area contributed by atoms with E-state index < -0.39 is 0 Å². The minimum Gasteiger partial charge on any atom is -0.0561 e. The van der Waals surface area contributed by atoms with Crippen molar-refractivity contribution in [3.63, 3.8) is 0 Å². The van der Waals surface area contributed by atoms with Gasteiger partial charge in [-0.2, -0.15) is 0 Å². The van der Waals surface area contributed by atoms with Gasteiger partial charge < -0.3 is 0 Å². The predicted molar refractivity (Wildman–Crippen MR) is 79.2 cm³/mol. The van der Waals surface area contributed by atoms with Crippen LogP contribution in [0, 0.1) is 13.8 Å². The van der Waals surface area contributed by atoms with Gasteiger partial charge in [0.25, 0.3) is 0 Å². The fourth-order valence-corrected chi connectivity index (χ4v) is 5.63. The maximum atomic E-state index is 2.46. The van der Waals surface area contributed by atoms with Crippen LogP contribution in [-0.4, -0.2) is 11.5 Å². The lowest BCUT2D eigenvalue weighted by Gasteiger charge is -2.24. The Labute approximate surface area is 109 Å². The largest absolute Gasteiger partial charge is 0.155 e. The zero-order valence-corrected chi connectivity index (χ0v) is 12.7. The molecule has 2 rings (SSSR count). The molecule has 1 heterocycles. The summed E-state index contributed by atoms with van der Waals surface area (Å²) in [6.07, 6.45) is 2.87. The summed E-state index contributed by atoms with van der Waals surface area (Å²) in [5, 5.41) is 0. The molecule has 0 unspecified atom stereocenters. The number of aryl methyl sites for hydroxylation is 2. The zero-order valence-electron chi connectivity index (χ0n) is 11.9. The maximum absolute atomic E-state index is 2.46. The number of benzene rings is 1. The van der Waals surface area contributed by atoms with Gasteiger partial charge in [-0.1, -0.05) is 20.8 Å². The third kappa shape index (κ3) is 2.70. The Bertz CT molecular complexity index is 383. The molecule has 0 amide bonds. The highest BCUT2D eigenvalue weighted by atomic mass is 32.2. The Morgan fingerprint density at radius 3 is 1.82 bits per heavy atom. The number of hydrogen-bond acceptors (Lipinski definition) is 0. The van der Waals surface area contributed by atoms with Gasteiger partial charge in [-0.15, -0.1) is 0 Å². The second-order valence-electron chi connectivity index (χ2n) is 6.29. The highest BCUT2D eigenvalue weighted by Crippen LogP contribution is 2.33. The molecule has 1 aliphatic heterocycles. The average molecular weight is 249 g/mol. The van der Waals surface area contributed by atoms with Crippen molar-refractivity contribution >= 4 is 10.9 Å². The van der Waals surface area contributed by atoms with E-state index >= 15 is 0 Å². The summed E-state index contributed by atoms with van der Waals surface area (Å²) in [6.45, 7) is 11.5. The van der Waals surface area contributed by atoms with Crippen molar-refractivity contribution in [3.05, 3.63) is 28.8 Å². The zero-order chi connectivity index (χ0) is 12.6. The van der Waals surface area contributed by atoms with Gasteiger partial charge in [0.05, 0.1) is 0 Å². The van der Waals surface area contributed by atoms with Crippen LogP contribution < -0.4 is 0 Å². The first-order valence-electron chi connectivity index (χ1n) is 6.69. The van der Waals surface area contributed by atoms with E-state index in [2.05, 4.69) is 46.8 Å². The topological polar surface area (TPSA) is 0 Å². The summed E-state index contributed by atoms with van der Waals surface area (Å²) in [6, 6.07) is 4.92. The summed E-state index contributed by atoms with van der Waals surface area (Å²) < 4.78 is 0. The van der Waals surface area contributed by atoms with Gasteiger partial charge >= 0.3 is 0 Å². The van der Waals surface area contributed by atoms with Crippen molar-refractivity contribution in [2.45, 2.75) is 57.8 Å². The van der Waals surface area contributed by atoms with Crippen molar-refractivity contribution in [2.75, 3.05) is 11.5 Å². The van der Waals surface area contributed by atoms with Gasteiger partial charge in [0.1, 0.15) is 11.5 Å². The number of rotatable bonds is 1. The van der Waals surface area contributed by atoms with Crippen LogP contribution in [0.1, 0.15) is 50.3 Å². The van der Waals surface area contributed by atoms with Gasteiger partial charge in [0.15, 0.2) is 4.90 Å². The third-order valence-corrected chi connectivity index (χ3v) is 6.09. The van der Waals surface area contributed by atoms with Crippen molar-refractivity contribution in [3.8, 4) is 0 Å². The minimum atomic E-state index is 0.269. The molecule has 1 aromatic rings. The third-order valence-electron chi connectivity index (χ3n) is 3.62. The molecule has 0 saturated carbocycles. The molecule has 1 aromatic carbocycles. The molecule has 1 aliphatic rings. The van der Waals surface area contributed by atoms with E-state index in [4.69, 9.17) is 0 Å². The molecule has 0 nitrogen and oxygen atoms in total. The second kappa shape index (κ2) is 4.68. The highest BCUT2D eigenvalue weighted by molar-refractivity contribution is 7.97. The summed E-state index contributed by atoms with van der Waals surface area (Å²) in [5.41, 5.74) is 4.80. The normalized spacial score (nSPS) is 17.7. The molecular formula is C16H25S+. The molecule has 1 fully saturated rings. The molecule has 0 spiro atoms. The lowest BCUT2D eigenvalue weighted by molar-refractivity contribution is 0.581. The van der Waals surface area contributed by atoms with Crippen LogP contribution in [0.25, 0.3) is 0 Å².